The number of pyridine rings is 1. The van der Waals surface area contributed by atoms with Crippen molar-refractivity contribution in [3.05, 3.63) is 23.9 Å². The summed E-state index contributed by atoms with van der Waals surface area (Å²) < 4.78 is 5.05. The molecule has 3 nitrogen and oxygen atoms in total. The first-order valence-corrected chi connectivity index (χ1v) is 6.97. The largest absolute Gasteiger partial charge is 0.481 e. The molecular formula is C15H24N2O. The second-order valence-electron chi connectivity index (χ2n) is 5.47. The molecule has 1 aliphatic rings. The van der Waals surface area contributed by atoms with Crippen LogP contribution in [0.25, 0.3) is 0 Å². The van der Waals surface area contributed by atoms with E-state index in [0.717, 1.165) is 24.9 Å². The average Bonchev–Trinajstić information content (AvgIpc) is 2.42. The van der Waals surface area contributed by atoms with Crippen LogP contribution in [0.15, 0.2) is 18.3 Å². The van der Waals surface area contributed by atoms with Gasteiger partial charge in [-0.25, -0.2) is 4.98 Å². The highest BCUT2D eigenvalue weighted by Crippen LogP contribution is 2.27. The van der Waals surface area contributed by atoms with Gasteiger partial charge in [-0.3, -0.25) is 0 Å². The van der Waals surface area contributed by atoms with Gasteiger partial charge in [-0.05, 0) is 36.8 Å². The minimum atomic E-state index is 0.681. The van der Waals surface area contributed by atoms with Gasteiger partial charge in [0.05, 0.1) is 7.11 Å². The van der Waals surface area contributed by atoms with E-state index in [0.29, 0.717) is 5.88 Å². The quantitative estimate of drug-likeness (QED) is 0.869. The summed E-state index contributed by atoms with van der Waals surface area (Å²) in [5.41, 5.74) is 1.22. The fraction of sp³-hybridized carbons (Fsp3) is 0.667. The predicted molar refractivity (Wildman–Crippen MR) is 73.6 cm³/mol. The maximum atomic E-state index is 5.05. The van der Waals surface area contributed by atoms with Crippen LogP contribution in [0, 0.1) is 11.8 Å². The number of nitrogens with one attached hydrogen (secondary N) is 1. The normalized spacial score (nSPS) is 23.9. The molecule has 100 valence electrons. The van der Waals surface area contributed by atoms with Gasteiger partial charge in [-0.1, -0.05) is 25.8 Å². The molecule has 1 saturated carbocycles. The summed E-state index contributed by atoms with van der Waals surface area (Å²) in [4.78, 5) is 4.21. The van der Waals surface area contributed by atoms with Crippen molar-refractivity contribution in [2.45, 2.75) is 39.2 Å². The Morgan fingerprint density at radius 3 is 2.67 bits per heavy atom. The topological polar surface area (TPSA) is 34.1 Å². The molecule has 0 atom stereocenters. The van der Waals surface area contributed by atoms with E-state index in [-0.39, 0.29) is 0 Å². The molecule has 3 heteroatoms. The zero-order valence-corrected chi connectivity index (χ0v) is 11.5. The first-order valence-electron chi connectivity index (χ1n) is 6.97. The first-order chi connectivity index (χ1) is 8.78. The van der Waals surface area contributed by atoms with Crippen molar-refractivity contribution in [2.75, 3.05) is 13.7 Å². The molecule has 1 aromatic rings. The van der Waals surface area contributed by atoms with Gasteiger partial charge in [0, 0.05) is 18.8 Å². The molecule has 0 radical (unpaired) electrons. The second kappa shape index (κ2) is 6.74. The Kier molecular flexibility index (Phi) is 5.00. The Labute approximate surface area is 110 Å². The van der Waals surface area contributed by atoms with Crippen molar-refractivity contribution in [1.82, 2.24) is 10.3 Å². The number of methoxy groups -OCH3 is 1. The Balaban J connectivity index is 1.68. The third-order valence-electron chi connectivity index (χ3n) is 3.90. The Bertz CT molecular complexity index is 342. The van der Waals surface area contributed by atoms with Crippen LogP contribution in [0.4, 0.5) is 0 Å². The summed E-state index contributed by atoms with van der Waals surface area (Å²) in [6.45, 7) is 4.41. The van der Waals surface area contributed by atoms with Crippen molar-refractivity contribution in [1.29, 1.82) is 0 Å². The Morgan fingerprint density at radius 1 is 1.28 bits per heavy atom. The van der Waals surface area contributed by atoms with Crippen LogP contribution < -0.4 is 10.1 Å². The van der Waals surface area contributed by atoms with E-state index in [4.69, 9.17) is 4.74 Å². The van der Waals surface area contributed by atoms with E-state index in [9.17, 15) is 0 Å². The molecule has 1 fully saturated rings. The molecule has 1 N–H and O–H groups in total. The molecule has 0 aromatic carbocycles. The van der Waals surface area contributed by atoms with Gasteiger partial charge in [0.2, 0.25) is 5.88 Å². The average molecular weight is 248 g/mol. The summed E-state index contributed by atoms with van der Waals surface area (Å²) in [6.07, 6.45) is 7.45. The molecule has 0 saturated heterocycles. The molecule has 0 bridgehead atoms. The lowest BCUT2D eigenvalue weighted by Gasteiger charge is -2.26. The van der Waals surface area contributed by atoms with Crippen molar-refractivity contribution in [2.24, 2.45) is 11.8 Å². The lowest BCUT2D eigenvalue weighted by atomic mass is 9.83. The SMILES string of the molecule is COc1ccc(CNCC2CCC(C)CC2)cn1. The molecule has 0 spiro atoms. The third kappa shape index (κ3) is 3.98. The highest BCUT2D eigenvalue weighted by molar-refractivity contribution is 5.17. The molecule has 0 aliphatic heterocycles. The predicted octanol–water partition coefficient (Wildman–Crippen LogP) is 3.01. The molecule has 1 aromatic heterocycles. The zero-order valence-electron chi connectivity index (χ0n) is 11.5. The summed E-state index contributed by atoms with van der Waals surface area (Å²) in [5, 5.41) is 3.54. The molecule has 1 aliphatic carbocycles. The number of aromatic nitrogens is 1. The summed E-state index contributed by atoms with van der Waals surface area (Å²) >= 11 is 0. The van der Waals surface area contributed by atoms with Gasteiger partial charge >= 0.3 is 0 Å². The summed E-state index contributed by atoms with van der Waals surface area (Å²) in [6, 6.07) is 3.99. The lowest BCUT2D eigenvalue weighted by molar-refractivity contribution is 0.281. The smallest absolute Gasteiger partial charge is 0.212 e. The van der Waals surface area contributed by atoms with E-state index in [1.54, 1.807) is 7.11 Å². The molecule has 0 amide bonds. The molecule has 2 rings (SSSR count). The van der Waals surface area contributed by atoms with E-state index in [1.165, 1.54) is 31.2 Å². The number of nitrogens with zero attached hydrogens (tertiary/aromatic N) is 1. The summed E-state index contributed by atoms with van der Waals surface area (Å²) in [5.74, 6) is 2.49. The Hall–Kier alpha value is -1.09. The van der Waals surface area contributed by atoms with Gasteiger partial charge in [-0.2, -0.15) is 0 Å². The molecule has 18 heavy (non-hydrogen) atoms. The van der Waals surface area contributed by atoms with E-state index in [2.05, 4.69) is 23.3 Å². The number of hydrogen-bond acceptors (Lipinski definition) is 3. The molecular weight excluding hydrogens is 224 g/mol. The van der Waals surface area contributed by atoms with Gasteiger partial charge in [0.15, 0.2) is 0 Å². The number of ether oxygens (including phenoxy) is 1. The van der Waals surface area contributed by atoms with Crippen molar-refractivity contribution in [3.8, 4) is 5.88 Å². The van der Waals surface area contributed by atoms with Crippen LogP contribution in [0.2, 0.25) is 0 Å². The lowest BCUT2D eigenvalue weighted by Crippen LogP contribution is -2.25. The van der Waals surface area contributed by atoms with Crippen LogP contribution >= 0.6 is 0 Å². The fourth-order valence-corrected chi connectivity index (χ4v) is 2.59. The molecule has 1 heterocycles. The van der Waals surface area contributed by atoms with Crippen molar-refractivity contribution < 1.29 is 4.74 Å². The van der Waals surface area contributed by atoms with Crippen LogP contribution in [-0.2, 0) is 6.54 Å². The minimum Gasteiger partial charge on any atom is -0.481 e. The standard InChI is InChI=1S/C15H24N2O/c1-12-3-5-13(6-4-12)9-16-10-14-7-8-15(18-2)17-11-14/h7-8,11-13,16H,3-6,9-10H2,1-2H3. The van der Waals surface area contributed by atoms with Crippen LogP contribution in [0.1, 0.15) is 38.2 Å². The van der Waals surface area contributed by atoms with Gasteiger partial charge in [0.25, 0.3) is 0 Å². The van der Waals surface area contributed by atoms with Gasteiger partial charge < -0.3 is 10.1 Å². The van der Waals surface area contributed by atoms with E-state index >= 15 is 0 Å². The maximum absolute atomic E-state index is 5.05. The maximum Gasteiger partial charge on any atom is 0.212 e. The van der Waals surface area contributed by atoms with Gasteiger partial charge in [-0.15, -0.1) is 0 Å². The fourth-order valence-electron chi connectivity index (χ4n) is 2.59. The highest BCUT2D eigenvalue weighted by atomic mass is 16.5. The second-order valence-corrected chi connectivity index (χ2v) is 5.47. The number of rotatable bonds is 5. The summed E-state index contributed by atoms with van der Waals surface area (Å²) in [7, 11) is 1.64. The third-order valence-corrected chi connectivity index (χ3v) is 3.90. The van der Waals surface area contributed by atoms with E-state index in [1.807, 2.05) is 12.3 Å². The van der Waals surface area contributed by atoms with Crippen molar-refractivity contribution >= 4 is 0 Å². The minimum absolute atomic E-state index is 0.681. The van der Waals surface area contributed by atoms with Gasteiger partial charge in [0.1, 0.15) is 0 Å². The highest BCUT2D eigenvalue weighted by Gasteiger charge is 2.17. The van der Waals surface area contributed by atoms with Crippen LogP contribution in [0.3, 0.4) is 0 Å². The first kappa shape index (κ1) is 13.3. The Morgan fingerprint density at radius 2 is 2.06 bits per heavy atom. The van der Waals surface area contributed by atoms with Crippen LogP contribution in [0.5, 0.6) is 5.88 Å². The monoisotopic (exact) mass is 248 g/mol. The zero-order chi connectivity index (χ0) is 12.8. The van der Waals surface area contributed by atoms with E-state index < -0.39 is 0 Å². The molecule has 0 unspecified atom stereocenters. The number of hydrogen-bond donors (Lipinski definition) is 1. The van der Waals surface area contributed by atoms with Crippen molar-refractivity contribution in [3.63, 3.8) is 0 Å². The van der Waals surface area contributed by atoms with Crippen LogP contribution in [-0.4, -0.2) is 18.6 Å².